The van der Waals surface area contributed by atoms with E-state index in [0.29, 0.717) is 0 Å². The summed E-state index contributed by atoms with van der Waals surface area (Å²) in [4.78, 5) is 0. The molecule has 0 radical (unpaired) electrons. The van der Waals surface area contributed by atoms with E-state index in [2.05, 4.69) is 20.6 Å². The molecule has 0 unspecified atom stereocenters. The van der Waals surface area contributed by atoms with Crippen LogP contribution in [0.3, 0.4) is 0 Å². The quantitative estimate of drug-likeness (QED) is 0.761. The van der Waals surface area contributed by atoms with Gasteiger partial charge in [-0.1, -0.05) is 0 Å². The molecule has 0 atom stereocenters. The summed E-state index contributed by atoms with van der Waals surface area (Å²) < 4.78 is 28.2. The van der Waals surface area contributed by atoms with E-state index in [0.717, 1.165) is 0 Å². The van der Waals surface area contributed by atoms with E-state index in [1.165, 1.54) is 18.4 Å². The number of nitrogens with one attached hydrogen (secondary N) is 1. The van der Waals surface area contributed by atoms with E-state index in [9.17, 15) is 8.42 Å². The summed E-state index contributed by atoms with van der Waals surface area (Å²) in [5.41, 5.74) is 0. The summed E-state index contributed by atoms with van der Waals surface area (Å²) >= 11 is 2.59. The number of furan rings is 1. The fraction of sp³-hybridized carbons (Fsp3) is 0. The lowest BCUT2D eigenvalue weighted by Crippen LogP contribution is -2.11. The Kier molecular flexibility index (Phi) is 2.12. The summed E-state index contributed by atoms with van der Waals surface area (Å²) in [6.07, 6.45) is 1.29. The third kappa shape index (κ3) is 1.39. The topological polar surface area (TPSA) is 59.3 Å². The number of halogens is 1. The molecule has 1 heterocycles. The molecule has 0 bridgehead atoms. The third-order valence-corrected chi connectivity index (χ3v) is 3.11. The molecular weight excluding hydrogens is 222 g/mol. The van der Waals surface area contributed by atoms with Crippen molar-refractivity contribution in [3.05, 3.63) is 18.4 Å². The van der Waals surface area contributed by atoms with E-state index in [1.807, 2.05) is 3.75 Å². The maximum absolute atomic E-state index is 10.8. The molecule has 0 spiro atoms. The highest BCUT2D eigenvalue weighted by Crippen LogP contribution is 2.08. The smallest absolute Gasteiger partial charge is 0.283 e. The van der Waals surface area contributed by atoms with E-state index in [1.54, 1.807) is 0 Å². The molecular formula is C4H4BrNO3S. The van der Waals surface area contributed by atoms with Gasteiger partial charge in [0.1, 0.15) is 0 Å². The van der Waals surface area contributed by atoms with Crippen LogP contribution < -0.4 is 3.75 Å². The lowest BCUT2D eigenvalue weighted by molar-refractivity contribution is 0.449. The monoisotopic (exact) mass is 225 g/mol. The molecule has 0 fully saturated rings. The SMILES string of the molecule is O=S(=O)(NBr)c1ccco1. The Bertz CT molecular complexity index is 290. The van der Waals surface area contributed by atoms with Gasteiger partial charge in [0.05, 0.1) is 6.26 Å². The largest absolute Gasteiger partial charge is 0.452 e. The standard InChI is InChI=1S/C4H4BrNO3S/c5-6-10(7,8)4-2-1-3-9-4/h1-3,6H. The van der Waals surface area contributed by atoms with Gasteiger partial charge in [-0.05, 0) is 12.1 Å². The van der Waals surface area contributed by atoms with E-state index < -0.39 is 10.0 Å². The van der Waals surface area contributed by atoms with Crippen LogP contribution in [0.2, 0.25) is 0 Å². The number of sulfonamides is 1. The molecule has 1 rings (SSSR count). The van der Waals surface area contributed by atoms with Crippen LogP contribution in [0.4, 0.5) is 0 Å². The predicted octanol–water partition coefficient (Wildman–Crippen LogP) is 0.868. The van der Waals surface area contributed by atoms with Crippen LogP contribution in [0.5, 0.6) is 0 Å². The van der Waals surface area contributed by atoms with E-state index >= 15 is 0 Å². The zero-order valence-corrected chi connectivity index (χ0v) is 7.15. The fourth-order valence-electron chi connectivity index (χ4n) is 0.454. The third-order valence-electron chi connectivity index (χ3n) is 0.861. The van der Waals surface area contributed by atoms with Crippen molar-refractivity contribution >= 4 is 26.2 Å². The minimum atomic E-state index is -3.45. The van der Waals surface area contributed by atoms with Gasteiger partial charge in [-0.15, -0.1) is 3.75 Å². The fourth-order valence-corrected chi connectivity index (χ4v) is 1.45. The van der Waals surface area contributed by atoms with E-state index in [-0.39, 0.29) is 5.09 Å². The first-order valence-electron chi connectivity index (χ1n) is 2.33. The highest BCUT2D eigenvalue weighted by Gasteiger charge is 2.13. The van der Waals surface area contributed by atoms with Crippen LogP contribution in [-0.2, 0) is 10.0 Å². The first kappa shape index (κ1) is 7.77. The Hall–Kier alpha value is -0.330. The molecule has 0 saturated heterocycles. The summed E-state index contributed by atoms with van der Waals surface area (Å²) in [6, 6.07) is 2.85. The Morgan fingerprint density at radius 2 is 2.30 bits per heavy atom. The molecule has 1 aromatic rings. The maximum Gasteiger partial charge on any atom is 0.283 e. The van der Waals surface area contributed by atoms with E-state index in [4.69, 9.17) is 0 Å². The highest BCUT2D eigenvalue weighted by atomic mass is 79.9. The Labute approximate surface area is 66.6 Å². The van der Waals surface area contributed by atoms with Crippen molar-refractivity contribution in [2.75, 3.05) is 0 Å². The second kappa shape index (κ2) is 2.73. The Morgan fingerprint density at radius 3 is 2.70 bits per heavy atom. The van der Waals surface area contributed by atoms with Crippen molar-refractivity contribution < 1.29 is 12.8 Å². The normalized spacial score (nSPS) is 11.7. The van der Waals surface area contributed by atoms with Crippen LogP contribution in [-0.4, -0.2) is 8.42 Å². The first-order chi connectivity index (χ1) is 4.67. The molecule has 1 N–H and O–H groups in total. The van der Waals surface area contributed by atoms with Crippen LogP contribution in [0.25, 0.3) is 0 Å². The van der Waals surface area contributed by atoms with Gasteiger partial charge in [-0.25, -0.2) is 8.42 Å². The highest BCUT2D eigenvalue weighted by molar-refractivity contribution is 9.09. The van der Waals surface area contributed by atoms with Gasteiger partial charge in [-0.2, -0.15) is 0 Å². The molecule has 0 amide bonds. The average molecular weight is 226 g/mol. The van der Waals surface area contributed by atoms with Crippen LogP contribution in [0, 0.1) is 0 Å². The molecule has 56 valence electrons. The molecule has 10 heavy (non-hydrogen) atoms. The second-order valence-corrected chi connectivity index (χ2v) is 4.05. The second-order valence-electron chi connectivity index (χ2n) is 1.51. The molecule has 0 aromatic carbocycles. The van der Waals surface area contributed by atoms with Gasteiger partial charge in [0.15, 0.2) is 0 Å². The zero-order valence-electron chi connectivity index (χ0n) is 4.74. The molecule has 1 aromatic heterocycles. The van der Waals surface area contributed by atoms with Gasteiger partial charge in [0, 0.05) is 16.1 Å². The van der Waals surface area contributed by atoms with Gasteiger partial charge < -0.3 is 4.42 Å². The van der Waals surface area contributed by atoms with Crippen molar-refractivity contribution in [3.8, 4) is 0 Å². The van der Waals surface area contributed by atoms with Gasteiger partial charge in [-0.3, -0.25) is 0 Å². The van der Waals surface area contributed by atoms with Crippen molar-refractivity contribution in [2.45, 2.75) is 5.09 Å². The average Bonchev–Trinajstić information content (AvgIpc) is 2.38. The summed E-state index contributed by atoms with van der Waals surface area (Å²) in [7, 11) is -3.45. The van der Waals surface area contributed by atoms with Crippen molar-refractivity contribution in [1.82, 2.24) is 3.75 Å². The maximum atomic E-state index is 10.8. The predicted molar refractivity (Wildman–Crippen MR) is 38.0 cm³/mol. The minimum Gasteiger partial charge on any atom is -0.452 e. The lowest BCUT2D eigenvalue weighted by Gasteiger charge is -1.92. The first-order valence-corrected chi connectivity index (χ1v) is 4.60. The number of hydrogen-bond donors (Lipinski definition) is 1. The van der Waals surface area contributed by atoms with Gasteiger partial charge in [0.25, 0.3) is 10.0 Å². The minimum absolute atomic E-state index is 0.107. The molecule has 0 aliphatic carbocycles. The molecule has 0 aliphatic heterocycles. The Balaban J connectivity index is 3.09. The van der Waals surface area contributed by atoms with Crippen LogP contribution >= 0.6 is 16.1 Å². The zero-order chi connectivity index (χ0) is 7.61. The number of hydrogen-bond acceptors (Lipinski definition) is 3. The lowest BCUT2D eigenvalue weighted by atomic mass is 10.7. The van der Waals surface area contributed by atoms with Crippen molar-refractivity contribution in [3.63, 3.8) is 0 Å². The number of rotatable bonds is 2. The van der Waals surface area contributed by atoms with Crippen LogP contribution in [0.15, 0.2) is 27.9 Å². The van der Waals surface area contributed by atoms with Gasteiger partial charge in [0.2, 0.25) is 5.09 Å². The molecule has 0 saturated carbocycles. The molecule has 4 nitrogen and oxygen atoms in total. The summed E-state index contributed by atoms with van der Waals surface area (Å²) in [6.45, 7) is 0. The van der Waals surface area contributed by atoms with Gasteiger partial charge >= 0.3 is 0 Å². The van der Waals surface area contributed by atoms with Crippen molar-refractivity contribution in [2.24, 2.45) is 0 Å². The van der Waals surface area contributed by atoms with Crippen molar-refractivity contribution in [1.29, 1.82) is 0 Å². The molecule has 6 heteroatoms. The Morgan fingerprint density at radius 1 is 1.60 bits per heavy atom. The van der Waals surface area contributed by atoms with Crippen LogP contribution in [0.1, 0.15) is 0 Å². The summed E-state index contributed by atoms with van der Waals surface area (Å²) in [5.74, 6) is 0. The molecule has 0 aliphatic rings. The summed E-state index contributed by atoms with van der Waals surface area (Å²) in [5, 5.41) is -0.107.